The zero-order valence-corrected chi connectivity index (χ0v) is 16.6. The minimum atomic E-state index is -0.295. The maximum atomic E-state index is 12.0. The van der Waals surface area contributed by atoms with E-state index in [4.69, 9.17) is 23.5 Å². The van der Waals surface area contributed by atoms with Crippen LogP contribution < -0.4 is 14.2 Å². The van der Waals surface area contributed by atoms with Crippen molar-refractivity contribution in [3.8, 4) is 28.6 Å². The van der Waals surface area contributed by atoms with Crippen LogP contribution in [0.3, 0.4) is 0 Å². The van der Waals surface area contributed by atoms with Crippen LogP contribution in [0.5, 0.6) is 17.2 Å². The fraction of sp³-hybridized carbons (Fsp3) is 0.273. The van der Waals surface area contributed by atoms with Crippen LogP contribution in [0, 0.1) is 0 Å². The van der Waals surface area contributed by atoms with Gasteiger partial charge in [0, 0.05) is 18.1 Å². The Balaban J connectivity index is 1.52. The van der Waals surface area contributed by atoms with Crippen LogP contribution >= 0.6 is 0 Å². The van der Waals surface area contributed by atoms with E-state index in [9.17, 15) is 4.79 Å². The van der Waals surface area contributed by atoms with Gasteiger partial charge in [-0.3, -0.25) is 4.79 Å². The molecule has 0 amide bonds. The van der Waals surface area contributed by atoms with Crippen molar-refractivity contribution in [3.05, 3.63) is 59.8 Å². The maximum absolute atomic E-state index is 12.0. The Kier molecular flexibility index (Phi) is 6.73. The molecule has 7 nitrogen and oxygen atoms in total. The molecular weight excluding hydrogens is 374 g/mol. The number of nitrogens with zero attached hydrogens (tertiary/aromatic N) is 1. The average molecular weight is 397 g/mol. The predicted octanol–water partition coefficient (Wildman–Crippen LogP) is 4.04. The van der Waals surface area contributed by atoms with Crippen LogP contribution in [-0.2, 0) is 22.6 Å². The van der Waals surface area contributed by atoms with Crippen LogP contribution in [0.15, 0.2) is 53.1 Å². The number of carbonyl (C=O) groups excluding carboxylic acids is 1. The Hall–Kier alpha value is -3.48. The highest BCUT2D eigenvalue weighted by Gasteiger charge is 2.12. The topological polar surface area (TPSA) is 80.0 Å². The highest BCUT2D eigenvalue weighted by molar-refractivity contribution is 5.69. The second-order valence-electron chi connectivity index (χ2n) is 6.26. The Morgan fingerprint density at radius 3 is 2.38 bits per heavy atom. The molecule has 0 saturated heterocycles. The van der Waals surface area contributed by atoms with Gasteiger partial charge in [-0.1, -0.05) is 17.3 Å². The zero-order valence-electron chi connectivity index (χ0n) is 16.6. The number of esters is 1. The molecular formula is C22H23NO6. The molecule has 7 heteroatoms. The van der Waals surface area contributed by atoms with Gasteiger partial charge in [-0.15, -0.1) is 0 Å². The van der Waals surface area contributed by atoms with Gasteiger partial charge in [0.05, 0.1) is 21.3 Å². The minimum Gasteiger partial charge on any atom is -0.497 e. The van der Waals surface area contributed by atoms with E-state index < -0.39 is 0 Å². The van der Waals surface area contributed by atoms with Crippen molar-refractivity contribution in [3.63, 3.8) is 0 Å². The summed E-state index contributed by atoms with van der Waals surface area (Å²) in [6, 6.07) is 14.7. The monoisotopic (exact) mass is 397 g/mol. The standard InChI is InChI=1S/C22H23NO6/c1-25-18-8-4-15(5-9-18)6-11-22(24)28-14-17-13-20(29-23-17)16-7-10-19(26-2)21(12-16)27-3/h4-5,7-10,12-13H,6,11,14H2,1-3H3. The van der Waals surface area contributed by atoms with Crippen molar-refractivity contribution in [2.45, 2.75) is 19.4 Å². The molecule has 0 fully saturated rings. The molecule has 0 bridgehead atoms. The summed E-state index contributed by atoms with van der Waals surface area (Å²) in [6.45, 7) is 0.0538. The van der Waals surface area contributed by atoms with Crippen molar-refractivity contribution >= 4 is 5.97 Å². The quantitative estimate of drug-likeness (QED) is 0.504. The molecule has 0 atom stereocenters. The summed E-state index contributed by atoms with van der Waals surface area (Å²) in [7, 11) is 4.76. The number of aromatic nitrogens is 1. The largest absolute Gasteiger partial charge is 0.497 e. The number of aryl methyl sites for hydroxylation is 1. The normalized spacial score (nSPS) is 10.4. The number of hydrogen-bond acceptors (Lipinski definition) is 7. The van der Waals surface area contributed by atoms with Gasteiger partial charge in [-0.05, 0) is 42.3 Å². The molecule has 0 aliphatic heterocycles. The Bertz CT molecular complexity index is 948. The third kappa shape index (κ3) is 5.28. The summed E-state index contributed by atoms with van der Waals surface area (Å²) in [5, 5.41) is 3.96. The summed E-state index contributed by atoms with van der Waals surface area (Å²) in [6.07, 6.45) is 0.880. The number of rotatable bonds is 9. The zero-order chi connectivity index (χ0) is 20.6. The van der Waals surface area contributed by atoms with Crippen LogP contribution in [-0.4, -0.2) is 32.5 Å². The first-order valence-electron chi connectivity index (χ1n) is 9.09. The third-order valence-electron chi connectivity index (χ3n) is 4.38. The van der Waals surface area contributed by atoms with E-state index in [1.54, 1.807) is 39.5 Å². The van der Waals surface area contributed by atoms with Gasteiger partial charge in [-0.2, -0.15) is 0 Å². The van der Waals surface area contributed by atoms with E-state index in [2.05, 4.69) is 5.16 Å². The molecule has 1 heterocycles. The fourth-order valence-corrected chi connectivity index (χ4v) is 2.77. The second kappa shape index (κ2) is 9.64. The first-order chi connectivity index (χ1) is 14.1. The summed E-state index contributed by atoms with van der Waals surface area (Å²) in [4.78, 5) is 12.0. The lowest BCUT2D eigenvalue weighted by molar-refractivity contribution is -0.145. The fourth-order valence-electron chi connectivity index (χ4n) is 2.77. The van der Waals surface area contributed by atoms with E-state index in [1.807, 2.05) is 30.3 Å². The average Bonchev–Trinajstić information content (AvgIpc) is 3.25. The number of carbonyl (C=O) groups is 1. The Labute approximate surface area is 169 Å². The van der Waals surface area contributed by atoms with Crippen molar-refractivity contribution in [2.24, 2.45) is 0 Å². The van der Waals surface area contributed by atoms with Crippen LogP contribution in [0.25, 0.3) is 11.3 Å². The molecule has 0 N–H and O–H groups in total. The molecule has 1 aromatic heterocycles. The van der Waals surface area contributed by atoms with Gasteiger partial charge < -0.3 is 23.5 Å². The van der Waals surface area contributed by atoms with E-state index in [1.165, 1.54) is 0 Å². The molecule has 29 heavy (non-hydrogen) atoms. The number of methoxy groups -OCH3 is 3. The number of hydrogen-bond donors (Lipinski definition) is 0. The van der Waals surface area contributed by atoms with E-state index in [-0.39, 0.29) is 19.0 Å². The predicted molar refractivity (Wildman–Crippen MR) is 106 cm³/mol. The Morgan fingerprint density at radius 2 is 1.69 bits per heavy atom. The second-order valence-corrected chi connectivity index (χ2v) is 6.26. The molecule has 3 aromatic rings. The van der Waals surface area contributed by atoms with Crippen molar-refractivity contribution in [1.82, 2.24) is 5.16 Å². The lowest BCUT2D eigenvalue weighted by Crippen LogP contribution is -2.06. The molecule has 0 radical (unpaired) electrons. The minimum absolute atomic E-state index is 0.0538. The SMILES string of the molecule is COc1ccc(CCC(=O)OCc2cc(-c3ccc(OC)c(OC)c3)on2)cc1. The lowest BCUT2D eigenvalue weighted by Gasteiger charge is -2.07. The van der Waals surface area contributed by atoms with Crippen LogP contribution in [0.2, 0.25) is 0 Å². The molecule has 3 rings (SSSR count). The van der Waals surface area contributed by atoms with Gasteiger partial charge in [-0.25, -0.2) is 0 Å². The molecule has 2 aromatic carbocycles. The smallest absolute Gasteiger partial charge is 0.306 e. The van der Waals surface area contributed by atoms with E-state index in [0.29, 0.717) is 29.4 Å². The Morgan fingerprint density at radius 1 is 0.931 bits per heavy atom. The van der Waals surface area contributed by atoms with Gasteiger partial charge in [0.25, 0.3) is 0 Å². The van der Waals surface area contributed by atoms with Crippen LogP contribution in [0.4, 0.5) is 0 Å². The van der Waals surface area contributed by atoms with Crippen molar-refractivity contribution in [2.75, 3.05) is 21.3 Å². The lowest BCUT2D eigenvalue weighted by atomic mass is 10.1. The molecule has 152 valence electrons. The van der Waals surface area contributed by atoms with E-state index >= 15 is 0 Å². The molecule has 0 spiro atoms. The third-order valence-corrected chi connectivity index (χ3v) is 4.38. The summed E-state index contributed by atoms with van der Waals surface area (Å²) >= 11 is 0. The van der Waals surface area contributed by atoms with Gasteiger partial charge in [0.2, 0.25) is 0 Å². The summed E-state index contributed by atoms with van der Waals surface area (Å²) in [5.41, 5.74) is 2.36. The number of ether oxygens (including phenoxy) is 4. The maximum Gasteiger partial charge on any atom is 0.306 e. The van der Waals surface area contributed by atoms with Gasteiger partial charge >= 0.3 is 5.97 Å². The van der Waals surface area contributed by atoms with Crippen molar-refractivity contribution < 1.29 is 28.3 Å². The molecule has 0 aliphatic carbocycles. The summed E-state index contributed by atoms with van der Waals surface area (Å²) < 4.78 is 26.3. The first kappa shape index (κ1) is 20.3. The summed E-state index contributed by atoms with van der Waals surface area (Å²) in [5.74, 6) is 2.26. The molecule has 0 aliphatic rings. The van der Waals surface area contributed by atoms with E-state index in [0.717, 1.165) is 16.9 Å². The number of benzene rings is 2. The first-order valence-corrected chi connectivity index (χ1v) is 9.09. The highest BCUT2D eigenvalue weighted by Crippen LogP contribution is 2.32. The van der Waals surface area contributed by atoms with Crippen LogP contribution in [0.1, 0.15) is 17.7 Å². The van der Waals surface area contributed by atoms with Gasteiger partial charge in [0.15, 0.2) is 17.3 Å². The van der Waals surface area contributed by atoms with Gasteiger partial charge in [0.1, 0.15) is 18.1 Å². The highest BCUT2D eigenvalue weighted by atomic mass is 16.5. The molecule has 0 saturated carbocycles. The molecule has 0 unspecified atom stereocenters. The van der Waals surface area contributed by atoms with Crippen molar-refractivity contribution in [1.29, 1.82) is 0 Å².